The lowest BCUT2D eigenvalue weighted by Crippen LogP contribution is -2.38. The molecule has 1 aromatic rings. The summed E-state index contributed by atoms with van der Waals surface area (Å²) in [6, 6.07) is 6.78. The molecule has 2 heterocycles. The van der Waals surface area contributed by atoms with Crippen LogP contribution in [-0.2, 0) is 9.47 Å². The van der Waals surface area contributed by atoms with Gasteiger partial charge in [-0.05, 0) is 12.1 Å². The zero-order chi connectivity index (χ0) is 8.84. The molecular formula is C9H8O4. The molecule has 1 aromatic carbocycles. The van der Waals surface area contributed by atoms with Crippen LogP contribution in [0.25, 0.3) is 0 Å². The van der Waals surface area contributed by atoms with E-state index in [1.165, 1.54) is 0 Å². The summed E-state index contributed by atoms with van der Waals surface area (Å²) in [6.45, 7) is 0. The molecule has 2 saturated heterocycles. The normalized spacial score (nSPS) is 34.6. The minimum Gasteiger partial charge on any atom is -0.504 e. The molecule has 68 valence electrons. The molecule has 0 radical (unpaired) electrons. The van der Waals surface area contributed by atoms with Gasteiger partial charge in [0.1, 0.15) is 0 Å². The van der Waals surface area contributed by atoms with Crippen molar-refractivity contribution in [3.05, 3.63) is 24.3 Å². The van der Waals surface area contributed by atoms with E-state index in [0.29, 0.717) is 5.75 Å². The highest BCUT2D eigenvalue weighted by atomic mass is 16.9. The van der Waals surface area contributed by atoms with Gasteiger partial charge in [0.2, 0.25) is 6.29 Å². The molecule has 2 fully saturated rings. The van der Waals surface area contributed by atoms with E-state index in [0.717, 1.165) is 0 Å². The van der Waals surface area contributed by atoms with Crippen molar-refractivity contribution < 1.29 is 19.3 Å². The van der Waals surface area contributed by atoms with Crippen LogP contribution in [0.3, 0.4) is 0 Å². The average Bonchev–Trinajstić information content (AvgIpc) is 2.76. The molecular weight excluding hydrogens is 172 g/mol. The van der Waals surface area contributed by atoms with Crippen molar-refractivity contribution in [3.63, 3.8) is 0 Å². The van der Waals surface area contributed by atoms with Crippen molar-refractivity contribution >= 4 is 0 Å². The van der Waals surface area contributed by atoms with E-state index in [-0.39, 0.29) is 24.4 Å². The van der Waals surface area contributed by atoms with Crippen LogP contribution in [0.15, 0.2) is 24.3 Å². The third-order valence-electron chi connectivity index (χ3n) is 2.13. The Morgan fingerprint density at radius 1 is 1.23 bits per heavy atom. The van der Waals surface area contributed by atoms with Crippen LogP contribution in [-0.4, -0.2) is 23.8 Å². The lowest BCUT2D eigenvalue weighted by Gasteiger charge is -2.22. The first-order valence-electron chi connectivity index (χ1n) is 4.10. The minimum atomic E-state index is -0.349. The Morgan fingerprint density at radius 2 is 2.08 bits per heavy atom. The van der Waals surface area contributed by atoms with Gasteiger partial charge < -0.3 is 19.3 Å². The van der Waals surface area contributed by atoms with E-state index < -0.39 is 0 Å². The van der Waals surface area contributed by atoms with Gasteiger partial charge in [-0.1, -0.05) is 12.1 Å². The van der Waals surface area contributed by atoms with Gasteiger partial charge in [0, 0.05) is 0 Å². The molecule has 0 aromatic heterocycles. The number of rotatable bonds is 2. The molecule has 0 spiro atoms. The van der Waals surface area contributed by atoms with Crippen molar-refractivity contribution in [2.24, 2.45) is 0 Å². The molecule has 3 rings (SSSR count). The number of ether oxygens (including phenoxy) is 3. The van der Waals surface area contributed by atoms with Crippen LogP contribution in [0.5, 0.6) is 11.5 Å². The summed E-state index contributed by atoms with van der Waals surface area (Å²) in [5, 5.41) is 9.36. The van der Waals surface area contributed by atoms with Crippen LogP contribution in [0.4, 0.5) is 0 Å². The van der Waals surface area contributed by atoms with Gasteiger partial charge >= 0.3 is 0 Å². The molecule has 0 bridgehead atoms. The zero-order valence-electron chi connectivity index (χ0n) is 6.71. The first-order chi connectivity index (χ1) is 6.34. The van der Waals surface area contributed by atoms with Crippen LogP contribution in [0.1, 0.15) is 0 Å². The fourth-order valence-corrected chi connectivity index (χ4v) is 1.31. The maximum Gasteiger partial charge on any atom is 0.234 e. The van der Waals surface area contributed by atoms with Crippen LogP contribution in [0.2, 0.25) is 0 Å². The molecule has 2 aliphatic rings. The summed E-state index contributed by atoms with van der Waals surface area (Å²) in [4.78, 5) is 0. The average molecular weight is 180 g/mol. The molecule has 2 aliphatic heterocycles. The summed E-state index contributed by atoms with van der Waals surface area (Å²) in [5.74, 6) is 0.552. The summed E-state index contributed by atoms with van der Waals surface area (Å²) in [7, 11) is 0. The second kappa shape index (κ2) is 2.37. The van der Waals surface area contributed by atoms with Crippen molar-refractivity contribution in [3.8, 4) is 11.5 Å². The summed E-state index contributed by atoms with van der Waals surface area (Å²) in [6.07, 6.45) is -0.339. The lowest BCUT2D eigenvalue weighted by atomic mass is 10.3. The number of phenols is 1. The Labute approximate surface area is 74.6 Å². The van der Waals surface area contributed by atoms with Crippen molar-refractivity contribution in [2.45, 2.75) is 18.7 Å². The Bertz CT molecular complexity index is 338. The molecule has 0 amide bonds. The Kier molecular flexibility index (Phi) is 1.31. The molecule has 0 aliphatic carbocycles. The maximum atomic E-state index is 9.36. The fourth-order valence-electron chi connectivity index (χ4n) is 1.31. The quantitative estimate of drug-likeness (QED) is 0.685. The van der Waals surface area contributed by atoms with Gasteiger partial charge in [0.05, 0.1) is 0 Å². The second-order valence-electron chi connectivity index (χ2n) is 3.06. The standard InChI is InChI=1S/C9H8O4/c10-5-3-1-2-4-6(5)11-8-7-9(12-7)13-8/h1-4,7-10H. The third-order valence-corrected chi connectivity index (χ3v) is 2.13. The highest BCUT2D eigenvalue weighted by molar-refractivity contribution is 5.38. The summed E-state index contributed by atoms with van der Waals surface area (Å²) < 4.78 is 15.5. The number of para-hydroxylation sites is 2. The van der Waals surface area contributed by atoms with Crippen LogP contribution in [0, 0.1) is 0 Å². The van der Waals surface area contributed by atoms with E-state index in [4.69, 9.17) is 14.2 Å². The highest BCUT2D eigenvalue weighted by Crippen LogP contribution is 2.42. The van der Waals surface area contributed by atoms with E-state index in [1.54, 1.807) is 24.3 Å². The Hall–Kier alpha value is -1.26. The van der Waals surface area contributed by atoms with E-state index >= 15 is 0 Å². The molecule has 4 nitrogen and oxygen atoms in total. The number of hydrogen-bond acceptors (Lipinski definition) is 4. The summed E-state index contributed by atoms with van der Waals surface area (Å²) in [5.41, 5.74) is 0. The largest absolute Gasteiger partial charge is 0.504 e. The van der Waals surface area contributed by atoms with Crippen molar-refractivity contribution in [1.82, 2.24) is 0 Å². The molecule has 1 N–H and O–H groups in total. The minimum absolute atomic E-state index is 0.0594. The predicted molar refractivity (Wildman–Crippen MR) is 42.3 cm³/mol. The lowest BCUT2D eigenvalue weighted by molar-refractivity contribution is -0.152. The van der Waals surface area contributed by atoms with E-state index in [1.807, 2.05) is 0 Å². The zero-order valence-corrected chi connectivity index (χ0v) is 6.71. The SMILES string of the molecule is Oc1ccccc1OC1OC2OC12. The van der Waals surface area contributed by atoms with E-state index in [9.17, 15) is 5.11 Å². The first kappa shape index (κ1) is 7.17. The monoisotopic (exact) mass is 180 g/mol. The molecule has 0 saturated carbocycles. The summed E-state index contributed by atoms with van der Waals surface area (Å²) >= 11 is 0. The number of benzene rings is 1. The topological polar surface area (TPSA) is 51.2 Å². The third kappa shape index (κ3) is 1.07. The number of hydrogen-bond donors (Lipinski definition) is 1. The Morgan fingerprint density at radius 3 is 2.69 bits per heavy atom. The van der Waals surface area contributed by atoms with Gasteiger partial charge in [-0.2, -0.15) is 0 Å². The molecule has 13 heavy (non-hydrogen) atoms. The number of phenolic OH excluding ortho intramolecular Hbond substituents is 1. The van der Waals surface area contributed by atoms with Crippen LogP contribution < -0.4 is 4.74 Å². The molecule has 3 atom stereocenters. The number of epoxide rings is 1. The first-order valence-corrected chi connectivity index (χ1v) is 4.10. The smallest absolute Gasteiger partial charge is 0.234 e. The van der Waals surface area contributed by atoms with Gasteiger partial charge in [0.25, 0.3) is 0 Å². The predicted octanol–water partition coefficient (Wildman–Crippen LogP) is 0.852. The maximum absolute atomic E-state index is 9.36. The number of aromatic hydroxyl groups is 1. The molecule has 4 heteroatoms. The van der Waals surface area contributed by atoms with Crippen molar-refractivity contribution in [1.29, 1.82) is 0 Å². The number of fused-ring (bicyclic) bond motifs is 1. The van der Waals surface area contributed by atoms with Crippen LogP contribution >= 0.6 is 0 Å². The molecule has 3 unspecified atom stereocenters. The van der Waals surface area contributed by atoms with Gasteiger partial charge in [-0.3, -0.25) is 0 Å². The van der Waals surface area contributed by atoms with Gasteiger partial charge in [0.15, 0.2) is 23.9 Å². The van der Waals surface area contributed by atoms with Crippen molar-refractivity contribution in [2.75, 3.05) is 0 Å². The fraction of sp³-hybridized carbons (Fsp3) is 0.333. The van der Waals surface area contributed by atoms with E-state index in [2.05, 4.69) is 0 Å². The van der Waals surface area contributed by atoms with Gasteiger partial charge in [-0.15, -0.1) is 0 Å². The Balaban J connectivity index is 1.74. The highest BCUT2D eigenvalue weighted by Gasteiger charge is 2.60. The van der Waals surface area contributed by atoms with Gasteiger partial charge in [-0.25, -0.2) is 0 Å². The second-order valence-corrected chi connectivity index (χ2v) is 3.06.